The molecular formula is C22H30N4O4. The monoisotopic (exact) mass is 414 g/mol. The number of fused-ring (bicyclic) bond motifs is 1. The van der Waals surface area contributed by atoms with Gasteiger partial charge in [0, 0.05) is 12.6 Å². The maximum absolute atomic E-state index is 5.82. The Morgan fingerprint density at radius 3 is 2.83 bits per heavy atom. The Hall–Kier alpha value is -2.87. The number of nitrogens with zero attached hydrogens (tertiary/aromatic N) is 2. The quantitative estimate of drug-likeness (QED) is 0.371. The van der Waals surface area contributed by atoms with E-state index >= 15 is 0 Å². The van der Waals surface area contributed by atoms with Gasteiger partial charge in [0.05, 0.1) is 25.4 Å². The minimum atomic E-state index is 0.169. The first-order valence-corrected chi connectivity index (χ1v) is 10.7. The average Bonchev–Trinajstić information content (AvgIpc) is 3.54. The third kappa shape index (κ3) is 5.18. The fraction of sp³-hybridized carbons (Fsp3) is 0.500. The molecule has 30 heavy (non-hydrogen) atoms. The number of rotatable bonds is 9. The van der Waals surface area contributed by atoms with Crippen molar-refractivity contribution in [1.82, 2.24) is 15.5 Å². The number of hydrogen-bond donors (Lipinski definition) is 2. The Morgan fingerprint density at radius 1 is 1.17 bits per heavy atom. The van der Waals surface area contributed by atoms with Crippen molar-refractivity contribution >= 4 is 5.96 Å². The molecule has 0 radical (unpaired) electrons. The molecule has 8 nitrogen and oxygen atoms in total. The van der Waals surface area contributed by atoms with Gasteiger partial charge in [-0.2, -0.15) is 0 Å². The maximum Gasteiger partial charge on any atom is 0.231 e. The van der Waals surface area contributed by atoms with E-state index in [2.05, 4.69) is 22.5 Å². The molecule has 1 aromatic heterocycles. The summed E-state index contributed by atoms with van der Waals surface area (Å²) in [6, 6.07) is 9.76. The Balaban J connectivity index is 1.29. The molecule has 0 bridgehead atoms. The molecule has 2 N–H and O–H groups in total. The van der Waals surface area contributed by atoms with Gasteiger partial charge in [-0.3, -0.25) is 9.89 Å². The maximum atomic E-state index is 5.82. The zero-order valence-corrected chi connectivity index (χ0v) is 17.4. The van der Waals surface area contributed by atoms with E-state index in [0.29, 0.717) is 19.7 Å². The van der Waals surface area contributed by atoms with Gasteiger partial charge in [0.25, 0.3) is 0 Å². The number of furan rings is 1. The molecule has 4 rings (SSSR count). The topological polar surface area (TPSA) is 80.5 Å². The summed E-state index contributed by atoms with van der Waals surface area (Å²) in [6.45, 7) is 7.09. The van der Waals surface area contributed by atoms with E-state index in [-0.39, 0.29) is 12.8 Å². The number of aliphatic imine (C=N–C) groups is 1. The van der Waals surface area contributed by atoms with E-state index in [9.17, 15) is 0 Å². The predicted octanol–water partition coefficient (Wildman–Crippen LogP) is 2.78. The fourth-order valence-electron chi connectivity index (χ4n) is 3.74. The van der Waals surface area contributed by atoms with Gasteiger partial charge in [-0.25, -0.2) is 0 Å². The molecule has 1 atom stereocenters. The van der Waals surface area contributed by atoms with Crippen molar-refractivity contribution in [2.45, 2.75) is 25.8 Å². The minimum Gasteiger partial charge on any atom is -0.492 e. The van der Waals surface area contributed by atoms with E-state index in [1.165, 1.54) is 12.8 Å². The van der Waals surface area contributed by atoms with E-state index in [1.54, 1.807) is 6.26 Å². The molecule has 0 amide bonds. The number of likely N-dealkylation sites (tertiary alicyclic amines) is 1. The van der Waals surface area contributed by atoms with E-state index in [0.717, 1.165) is 48.6 Å². The third-order valence-electron chi connectivity index (χ3n) is 5.23. The second-order valence-electron chi connectivity index (χ2n) is 7.28. The molecule has 3 heterocycles. The standard InChI is InChI=1S/C22H30N4O4/c1-2-23-22(24-9-13-27-17-7-8-20-21(14-17)30-16-29-20)25-15-18(19-6-5-12-28-19)26-10-3-4-11-26/h5-8,12,14,18H,2-4,9-11,13,15-16H2,1H3,(H2,23,24,25). The van der Waals surface area contributed by atoms with Crippen LogP contribution in [-0.4, -0.2) is 57.0 Å². The predicted molar refractivity (Wildman–Crippen MR) is 114 cm³/mol. The number of hydrogen-bond acceptors (Lipinski definition) is 6. The van der Waals surface area contributed by atoms with Gasteiger partial charge in [-0.1, -0.05) is 0 Å². The van der Waals surface area contributed by atoms with Crippen LogP contribution in [0.2, 0.25) is 0 Å². The van der Waals surface area contributed by atoms with Crippen LogP contribution in [0.4, 0.5) is 0 Å². The Labute approximate surface area is 177 Å². The van der Waals surface area contributed by atoms with Crippen LogP contribution < -0.4 is 24.8 Å². The van der Waals surface area contributed by atoms with Crippen LogP contribution in [0.5, 0.6) is 17.2 Å². The van der Waals surface area contributed by atoms with Crippen molar-refractivity contribution in [1.29, 1.82) is 0 Å². The molecule has 0 saturated carbocycles. The summed E-state index contributed by atoms with van der Waals surface area (Å²) in [5.74, 6) is 3.99. The summed E-state index contributed by atoms with van der Waals surface area (Å²) >= 11 is 0. The zero-order valence-electron chi connectivity index (χ0n) is 17.4. The van der Waals surface area contributed by atoms with E-state index in [4.69, 9.17) is 23.6 Å². The van der Waals surface area contributed by atoms with Crippen LogP contribution >= 0.6 is 0 Å². The fourth-order valence-corrected chi connectivity index (χ4v) is 3.74. The summed E-state index contributed by atoms with van der Waals surface area (Å²) in [5.41, 5.74) is 0. The van der Waals surface area contributed by atoms with Gasteiger partial charge in [0.1, 0.15) is 18.1 Å². The van der Waals surface area contributed by atoms with E-state index < -0.39 is 0 Å². The third-order valence-corrected chi connectivity index (χ3v) is 5.23. The van der Waals surface area contributed by atoms with Crippen LogP contribution in [0.25, 0.3) is 0 Å². The highest BCUT2D eigenvalue weighted by Crippen LogP contribution is 2.35. The van der Waals surface area contributed by atoms with Crippen molar-refractivity contribution in [2.75, 3.05) is 46.1 Å². The van der Waals surface area contributed by atoms with Gasteiger partial charge in [-0.15, -0.1) is 0 Å². The molecule has 1 aromatic carbocycles. The molecule has 0 aliphatic carbocycles. The lowest BCUT2D eigenvalue weighted by atomic mass is 10.2. The lowest BCUT2D eigenvalue weighted by molar-refractivity contribution is 0.173. The molecule has 2 aliphatic heterocycles. The Morgan fingerprint density at radius 2 is 2.03 bits per heavy atom. The first kappa shape index (κ1) is 20.4. The minimum absolute atomic E-state index is 0.169. The molecule has 2 aromatic rings. The smallest absolute Gasteiger partial charge is 0.231 e. The van der Waals surface area contributed by atoms with Crippen molar-refractivity contribution in [2.24, 2.45) is 4.99 Å². The molecule has 1 fully saturated rings. The second kappa shape index (κ2) is 10.2. The molecule has 8 heteroatoms. The highest BCUT2D eigenvalue weighted by Gasteiger charge is 2.25. The second-order valence-corrected chi connectivity index (χ2v) is 7.28. The van der Waals surface area contributed by atoms with Crippen LogP contribution in [0.1, 0.15) is 31.6 Å². The van der Waals surface area contributed by atoms with Crippen molar-refractivity contribution < 1.29 is 18.6 Å². The van der Waals surface area contributed by atoms with Gasteiger partial charge in [0.2, 0.25) is 6.79 Å². The van der Waals surface area contributed by atoms with Gasteiger partial charge < -0.3 is 29.3 Å². The van der Waals surface area contributed by atoms with Crippen LogP contribution in [0.15, 0.2) is 46.0 Å². The van der Waals surface area contributed by atoms with Crippen molar-refractivity contribution in [3.05, 3.63) is 42.4 Å². The largest absolute Gasteiger partial charge is 0.492 e. The van der Waals surface area contributed by atoms with E-state index in [1.807, 2.05) is 30.3 Å². The van der Waals surface area contributed by atoms with Crippen LogP contribution in [-0.2, 0) is 0 Å². The van der Waals surface area contributed by atoms with Crippen molar-refractivity contribution in [3.63, 3.8) is 0 Å². The average molecular weight is 415 g/mol. The molecule has 1 saturated heterocycles. The van der Waals surface area contributed by atoms with Crippen LogP contribution in [0, 0.1) is 0 Å². The van der Waals surface area contributed by atoms with Gasteiger partial charge in [0.15, 0.2) is 17.5 Å². The normalized spacial score (nSPS) is 17.2. The number of guanidine groups is 1. The summed E-state index contributed by atoms with van der Waals surface area (Å²) in [5, 5.41) is 6.65. The summed E-state index contributed by atoms with van der Waals surface area (Å²) in [4.78, 5) is 7.26. The first-order valence-electron chi connectivity index (χ1n) is 10.7. The lowest BCUT2D eigenvalue weighted by Crippen LogP contribution is -2.40. The number of benzene rings is 1. The molecule has 0 spiro atoms. The summed E-state index contributed by atoms with van der Waals surface area (Å²) in [7, 11) is 0. The van der Waals surface area contributed by atoms with Gasteiger partial charge >= 0.3 is 0 Å². The number of nitrogens with one attached hydrogen (secondary N) is 2. The first-order chi connectivity index (χ1) is 14.8. The molecular weight excluding hydrogens is 384 g/mol. The SMILES string of the molecule is CCNC(=NCC(c1ccco1)N1CCCC1)NCCOc1ccc2c(c1)OCO2. The molecule has 2 aliphatic rings. The highest BCUT2D eigenvalue weighted by molar-refractivity contribution is 5.79. The molecule has 1 unspecified atom stereocenters. The highest BCUT2D eigenvalue weighted by atomic mass is 16.7. The van der Waals surface area contributed by atoms with Crippen molar-refractivity contribution in [3.8, 4) is 17.2 Å². The Kier molecular flexibility index (Phi) is 6.97. The zero-order chi connectivity index (χ0) is 20.6. The lowest BCUT2D eigenvalue weighted by Gasteiger charge is -2.24. The van der Waals surface area contributed by atoms with Gasteiger partial charge in [-0.05, 0) is 57.1 Å². The molecule has 162 valence electrons. The number of ether oxygens (including phenoxy) is 3. The summed E-state index contributed by atoms with van der Waals surface area (Å²) < 4.78 is 22.2. The Bertz CT molecular complexity index is 819. The summed E-state index contributed by atoms with van der Waals surface area (Å²) in [6.07, 6.45) is 4.20. The van der Waals surface area contributed by atoms with Crippen LogP contribution in [0.3, 0.4) is 0 Å².